The van der Waals surface area contributed by atoms with Crippen LogP contribution in [0, 0.1) is 5.92 Å². The molecule has 0 saturated carbocycles. The molecule has 1 aromatic heterocycles. The number of carbonyl (C=O) groups is 1. The number of piperidine rings is 1. The Labute approximate surface area is 164 Å². The topological polar surface area (TPSA) is 44.6 Å². The summed E-state index contributed by atoms with van der Waals surface area (Å²) >= 11 is 0. The van der Waals surface area contributed by atoms with E-state index in [1.165, 1.54) is 25.9 Å². The molecule has 1 atom stereocenters. The van der Waals surface area contributed by atoms with Gasteiger partial charge in [0.25, 0.3) is 0 Å². The Hall–Kier alpha value is -1.40. The Bertz CT molecular complexity index is 545. The fourth-order valence-corrected chi connectivity index (χ4v) is 4.42. The van der Waals surface area contributed by atoms with Crippen LogP contribution >= 0.6 is 0 Å². The van der Waals surface area contributed by atoms with Gasteiger partial charge >= 0.3 is 0 Å². The van der Waals surface area contributed by atoms with Crippen LogP contribution in [0.1, 0.15) is 46.0 Å². The molecule has 1 amide bonds. The number of likely N-dealkylation sites (N-methyl/N-ethyl adjacent to an activating group) is 1. The van der Waals surface area contributed by atoms with E-state index in [1.807, 2.05) is 23.1 Å². The van der Waals surface area contributed by atoms with Crippen molar-refractivity contribution in [3.05, 3.63) is 18.5 Å². The first-order valence-electron chi connectivity index (χ1n) is 10.9. The zero-order chi connectivity index (χ0) is 19.1. The predicted octanol–water partition coefficient (Wildman–Crippen LogP) is 2.32. The highest BCUT2D eigenvalue weighted by atomic mass is 16.2. The number of nitrogens with zero attached hydrogens (tertiary/aromatic N) is 5. The second-order valence-corrected chi connectivity index (χ2v) is 8.24. The Kier molecular flexibility index (Phi) is 7.70. The van der Waals surface area contributed by atoms with Gasteiger partial charge in [-0.05, 0) is 64.2 Å². The summed E-state index contributed by atoms with van der Waals surface area (Å²) in [6.45, 7) is 12.9. The van der Waals surface area contributed by atoms with E-state index in [4.69, 9.17) is 0 Å². The molecule has 0 radical (unpaired) electrons. The zero-order valence-corrected chi connectivity index (χ0v) is 17.2. The summed E-state index contributed by atoms with van der Waals surface area (Å²) in [5.74, 6) is 1.10. The molecule has 2 saturated heterocycles. The highest BCUT2D eigenvalue weighted by molar-refractivity contribution is 5.76. The number of likely N-dealkylation sites (tertiary alicyclic amines) is 1. The molecule has 0 aliphatic carbocycles. The van der Waals surface area contributed by atoms with Crippen LogP contribution in [0.25, 0.3) is 0 Å². The van der Waals surface area contributed by atoms with E-state index in [-0.39, 0.29) is 0 Å². The van der Waals surface area contributed by atoms with Crippen molar-refractivity contribution in [2.24, 2.45) is 5.92 Å². The zero-order valence-electron chi connectivity index (χ0n) is 17.2. The average Bonchev–Trinajstić information content (AvgIpc) is 3.24. The Morgan fingerprint density at radius 3 is 2.52 bits per heavy atom. The third-order valence-electron chi connectivity index (χ3n) is 6.55. The van der Waals surface area contributed by atoms with Gasteiger partial charge in [-0.25, -0.2) is 0 Å². The molecular weight excluding hydrogens is 338 g/mol. The van der Waals surface area contributed by atoms with Crippen molar-refractivity contribution in [3.8, 4) is 0 Å². The third-order valence-corrected chi connectivity index (χ3v) is 6.55. The maximum absolute atomic E-state index is 12.5. The molecular formula is C21H37N5O. The van der Waals surface area contributed by atoms with E-state index >= 15 is 0 Å². The minimum Gasteiger partial charge on any atom is -0.340 e. The lowest BCUT2D eigenvalue weighted by molar-refractivity contribution is -0.133. The van der Waals surface area contributed by atoms with Gasteiger partial charge in [-0.2, -0.15) is 5.10 Å². The van der Waals surface area contributed by atoms with Crippen LogP contribution in [-0.2, 0) is 11.3 Å². The van der Waals surface area contributed by atoms with Crippen molar-refractivity contribution in [1.82, 2.24) is 24.5 Å². The van der Waals surface area contributed by atoms with Gasteiger partial charge in [0.1, 0.15) is 0 Å². The molecule has 2 aliphatic rings. The standard InChI is InChI=1S/C21H37N5O/c1-3-23-15-17-25(18-16-23)21(27)6-5-20-8-12-24(13-9-20)19(2)7-14-26-11-4-10-22-26/h4,10-11,19-20H,3,5-9,12-18H2,1-2H3. The molecule has 1 unspecified atom stereocenters. The Morgan fingerprint density at radius 2 is 1.89 bits per heavy atom. The Morgan fingerprint density at radius 1 is 1.15 bits per heavy atom. The molecule has 27 heavy (non-hydrogen) atoms. The van der Waals surface area contributed by atoms with E-state index in [9.17, 15) is 4.79 Å². The van der Waals surface area contributed by atoms with Crippen molar-refractivity contribution >= 4 is 5.91 Å². The van der Waals surface area contributed by atoms with Gasteiger partial charge in [-0.1, -0.05) is 6.92 Å². The van der Waals surface area contributed by atoms with Gasteiger partial charge in [0.15, 0.2) is 0 Å². The molecule has 2 aliphatic heterocycles. The number of amides is 1. The summed E-state index contributed by atoms with van der Waals surface area (Å²) in [6.07, 6.45) is 9.33. The summed E-state index contributed by atoms with van der Waals surface area (Å²) in [7, 11) is 0. The summed E-state index contributed by atoms with van der Waals surface area (Å²) in [4.78, 5) is 19.6. The lowest BCUT2D eigenvalue weighted by atomic mass is 9.91. The summed E-state index contributed by atoms with van der Waals surface area (Å²) < 4.78 is 2.02. The van der Waals surface area contributed by atoms with Crippen LogP contribution < -0.4 is 0 Å². The van der Waals surface area contributed by atoms with Crippen LogP contribution in [0.2, 0.25) is 0 Å². The van der Waals surface area contributed by atoms with Crippen LogP contribution in [0.3, 0.4) is 0 Å². The fraction of sp³-hybridized carbons (Fsp3) is 0.810. The van der Waals surface area contributed by atoms with E-state index in [2.05, 4.69) is 33.6 Å². The molecule has 6 nitrogen and oxygen atoms in total. The van der Waals surface area contributed by atoms with Gasteiger partial charge in [0.05, 0.1) is 0 Å². The molecule has 6 heteroatoms. The van der Waals surface area contributed by atoms with Gasteiger partial charge in [-0.3, -0.25) is 9.48 Å². The smallest absolute Gasteiger partial charge is 0.222 e. The minimum absolute atomic E-state index is 0.376. The summed E-state index contributed by atoms with van der Waals surface area (Å²) in [6, 6.07) is 2.59. The fourth-order valence-electron chi connectivity index (χ4n) is 4.42. The maximum Gasteiger partial charge on any atom is 0.222 e. The molecule has 3 heterocycles. The van der Waals surface area contributed by atoms with E-state index in [0.29, 0.717) is 11.9 Å². The normalized spacial score (nSPS) is 21.5. The van der Waals surface area contributed by atoms with Crippen LogP contribution in [0.5, 0.6) is 0 Å². The molecule has 0 spiro atoms. The molecule has 0 aromatic carbocycles. The van der Waals surface area contributed by atoms with Crippen molar-refractivity contribution in [1.29, 1.82) is 0 Å². The summed E-state index contributed by atoms with van der Waals surface area (Å²) in [5.41, 5.74) is 0. The SMILES string of the molecule is CCN1CCN(C(=O)CCC2CCN(C(C)CCn3cccn3)CC2)CC1. The quantitative estimate of drug-likeness (QED) is 0.699. The first kappa shape index (κ1) is 20.3. The lowest BCUT2D eigenvalue weighted by Gasteiger charge is -2.37. The number of hydrogen-bond donors (Lipinski definition) is 0. The van der Waals surface area contributed by atoms with Crippen LogP contribution in [-0.4, -0.2) is 82.2 Å². The van der Waals surface area contributed by atoms with Crippen LogP contribution in [0.15, 0.2) is 18.5 Å². The number of aryl methyl sites for hydroxylation is 1. The van der Waals surface area contributed by atoms with Crippen molar-refractivity contribution in [3.63, 3.8) is 0 Å². The molecule has 0 N–H and O–H groups in total. The molecule has 3 rings (SSSR count). The lowest BCUT2D eigenvalue weighted by Crippen LogP contribution is -2.48. The number of rotatable bonds is 8. The van der Waals surface area contributed by atoms with Gasteiger partial charge in [-0.15, -0.1) is 0 Å². The van der Waals surface area contributed by atoms with Gasteiger partial charge in [0, 0.05) is 57.6 Å². The highest BCUT2D eigenvalue weighted by Gasteiger charge is 2.25. The van der Waals surface area contributed by atoms with E-state index in [0.717, 1.165) is 64.4 Å². The number of carbonyl (C=O) groups excluding carboxylic acids is 1. The second-order valence-electron chi connectivity index (χ2n) is 8.24. The first-order chi connectivity index (χ1) is 13.2. The van der Waals surface area contributed by atoms with Gasteiger partial charge in [0.2, 0.25) is 5.91 Å². The molecule has 2 fully saturated rings. The molecule has 1 aromatic rings. The van der Waals surface area contributed by atoms with E-state index in [1.54, 1.807) is 0 Å². The van der Waals surface area contributed by atoms with Crippen molar-refractivity contribution < 1.29 is 4.79 Å². The average molecular weight is 376 g/mol. The number of hydrogen-bond acceptors (Lipinski definition) is 4. The first-order valence-corrected chi connectivity index (χ1v) is 10.9. The highest BCUT2D eigenvalue weighted by Crippen LogP contribution is 2.24. The molecule has 0 bridgehead atoms. The second kappa shape index (κ2) is 10.2. The van der Waals surface area contributed by atoms with Crippen molar-refractivity contribution in [2.75, 3.05) is 45.8 Å². The largest absolute Gasteiger partial charge is 0.340 e. The molecule has 152 valence electrons. The van der Waals surface area contributed by atoms with E-state index < -0.39 is 0 Å². The predicted molar refractivity (Wildman–Crippen MR) is 109 cm³/mol. The number of aromatic nitrogens is 2. The van der Waals surface area contributed by atoms with Crippen molar-refractivity contribution in [2.45, 2.75) is 58.5 Å². The maximum atomic E-state index is 12.5. The Balaban J connectivity index is 1.30. The summed E-state index contributed by atoms with van der Waals surface area (Å²) in [5, 5.41) is 4.29. The minimum atomic E-state index is 0.376. The van der Waals surface area contributed by atoms with Gasteiger partial charge < -0.3 is 14.7 Å². The monoisotopic (exact) mass is 375 g/mol. The third kappa shape index (κ3) is 6.04. The van der Waals surface area contributed by atoms with Crippen LogP contribution in [0.4, 0.5) is 0 Å². The number of piperazine rings is 1.